The van der Waals surface area contributed by atoms with Crippen LogP contribution in [0.3, 0.4) is 0 Å². The lowest BCUT2D eigenvalue weighted by Gasteiger charge is -2.35. The number of nitrogens with two attached hydrogens (primary N) is 1. The average molecular weight is 277 g/mol. The number of carbonyl (C=O) groups excluding carboxylic acids is 1. The normalized spacial score (nSPS) is 19.6. The topological polar surface area (TPSA) is 83.3 Å². The van der Waals surface area contributed by atoms with Crippen molar-refractivity contribution >= 4 is 11.7 Å². The quantitative estimate of drug-likeness (QED) is 0.668. The molecule has 1 unspecified atom stereocenters. The van der Waals surface area contributed by atoms with E-state index < -0.39 is 0 Å². The average Bonchev–Trinajstić information content (AvgIpc) is 2.49. The van der Waals surface area contributed by atoms with E-state index in [1.54, 1.807) is 12.3 Å². The van der Waals surface area contributed by atoms with Crippen LogP contribution in [0.15, 0.2) is 24.4 Å². The highest BCUT2D eigenvalue weighted by Gasteiger charge is 2.23. The molecule has 0 bridgehead atoms. The maximum Gasteiger partial charge on any atom is 0.252 e. The number of likely N-dealkylation sites (tertiary alicyclic amines) is 1. The molecular formula is C14H23N5O. The predicted molar refractivity (Wildman–Crippen MR) is 78.9 cm³/mol. The Kier molecular flexibility index (Phi) is 5.76. The Hall–Kier alpha value is -1.66. The lowest BCUT2D eigenvalue weighted by Crippen LogP contribution is -2.47. The van der Waals surface area contributed by atoms with E-state index in [9.17, 15) is 4.79 Å². The summed E-state index contributed by atoms with van der Waals surface area (Å²) in [6.45, 7) is 2.06. The molecule has 6 heteroatoms. The lowest BCUT2D eigenvalue weighted by atomic mass is 9.99. The zero-order valence-corrected chi connectivity index (χ0v) is 11.7. The SMILES string of the molecule is NCCC1CCCCN1CC(=O)NNc1ccccn1. The van der Waals surface area contributed by atoms with E-state index >= 15 is 0 Å². The zero-order valence-electron chi connectivity index (χ0n) is 11.7. The van der Waals surface area contributed by atoms with Crippen LogP contribution in [0.4, 0.5) is 5.82 Å². The third-order valence-corrected chi connectivity index (χ3v) is 3.59. The van der Waals surface area contributed by atoms with E-state index in [1.807, 2.05) is 12.1 Å². The number of hydrogen-bond donors (Lipinski definition) is 3. The summed E-state index contributed by atoms with van der Waals surface area (Å²) in [5.74, 6) is 0.595. The first-order valence-corrected chi connectivity index (χ1v) is 7.19. The van der Waals surface area contributed by atoms with E-state index in [1.165, 1.54) is 6.42 Å². The molecule has 0 saturated carbocycles. The Morgan fingerprint density at radius 1 is 1.45 bits per heavy atom. The number of nitrogens with one attached hydrogen (secondary N) is 2. The molecule has 1 atom stereocenters. The van der Waals surface area contributed by atoms with Crippen molar-refractivity contribution < 1.29 is 4.79 Å². The maximum atomic E-state index is 12.0. The minimum absolute atomic E-state index is 0.0421. The predicted octanol–water partition coefficient (Wildman–Crippen LogP) is 0.728. The molecule has 1 saturated heterocycles. The van der Waals surface area contributed by atoms with Crippen LogP contribution in [0.25, 0.3) is 0 Å². The summed E-state index contributed by atoms with van der Waals surface area (Å²) in [6.07, 6.45) is 6.16. The van der Waals surface area contributed by atoms with E-state index in [-0.39, 0.29) is 5.91 Å². The van der Waals surface area contributed by atoms with Crippen LogP contribution in [0, 0.1) is 0 Å². The fourth-order valence-corrected chi connectivity index (χ4v) is 2.58. The van der Waals surface area contributed by atoms with Crippen LogP contribution in [0.5, 0.6) is 0 Å². The number of piperidine rings is 1. The van der Waals surface area contributed by atoms with Gasteiger partial charge in [-0.15, -0.1) is 0 Å². The summed E-state index contributed by atoms with van der Waals surface area (Å²) in [5, 5.41) is 0. The van der Waals surface area contributed by atoms with E-state index in [0.717, 1.165) is 25.8 Å². The van der Waals surface area contributed by atoms with Crippen molar-refractivity contribution in [1.82, 2.24) is 15.3 Å². The highest BCUT2D eigenvalue weighted by molar-refractivity contribution is 5.79. The van der Waals surface area contributed by atoms with Gasteiger partial charge in [0.15, 0.2) is 0 Å². The number of aromatic nitrogens is 1. The number of rotatable bonds is 6. The van der Waals surface area contributed by atoms with Gasteiger partial charge in [-0.05, 0) is 44.5 Å². The van der Waals surface area contributed by atoms with Crippen molar-refractivity contribution in [3.8, 4) is 0 Å². The molecule has 4 N–H and O–H groups in total. The first-order valence-electron chi connectivity index (χ1n) is 7.19. The number of pyridine rings is 1. The van der Waals surface area contributed by atoms with E-state index in [0.29, 0.717) is 24.9 Å². The van der Waals surface area contributed by atoms with Crippen LogP contribution in [0.2, 0.25) is 0 Å². The lowest BCUT2D eigenvalue weighted by molar-refractivity contribution is -0.122. The number of carbonyl (C=O) groups is 1. The Bertz CT molecular complexity index is 409. The summed E-state index contributed by atoms with van der Waals surface area (Å²) in [4.78, 5) is 18.3. The van der Waals surface area contributed by atoms with Crippen LogP contribution in [0.1, 0.15) is 25.7 Å². The molecule has 1 aliphatic rings. The molecule has 1 aromatic heterocycles. The Morgan fingerprint density at radius 2 is 2.35 bits per heavy atom. The maximum absolute atomic E-state index is 12.0. The van der Waals surface area contributed by atoms with E-state index in [2.05, 4.69) is 20.7 Å². The van der Waals surface area contributed by atoms with Crippen molar-refractivity contribution in [2.75, 3.05) is 25.1 Å². The van der Waals surface area contributed by atoms with Gasteiger partial charge in [-0.1, -0.05) is 12.5 Å². The molecule has 2 heterocycles. The smallest absolute Gasteiger partial charge is 0.252 e. The first-order chi connectivity index (χ1) is 9.79. The van der Waals surface area contributed by atoms with Gasteiger partial charge in [0, 0.05) is 12.2 Å². The van der Waals surface area contributed by atoms with Gasteiger partial charge >= 0.3 is 0 Å². The molecule has 0 radical (unpaired) electrons. The molecule has 1 aliphatic heterocycles. The Morgan fingerprint density at radius 3 is 3.10 bits per heavy atom. The van der Waals surface area contributed by atoms with Crippen LogP contribution >= 0.6 is 0 Å². The molecule has 0 spiro atoms. The van der Waals surface area contributed by atoms with Crippen LogP contribution in [-0.4, -0.2) is 41.5 Å². The fraction of sp³-hybridized carbons (Fsp3) is 0.571. The van der Waals surface area contributed by atoms with Crippen molar-refractivity contribution in [2.45, 2.75) is 31.7 Å². The van der Waals surface area contributed by atoms with Gasteiger partial charge in [0.1, 0.15) is 5.82 Å². The second-order valence-corrected chi connectivity index (χ2v) is 5.09. The van der Waals surface area contributed by atoms with Gasteiger partial charge in [0.25, 0.3) is 5.91 Å². The van der Waals surface area contributed by atoms with E-state index in [4.69, 9.17) is 5.73 Å². The summed E-state index contributed by atoms with van der Waals surface area (Å²) in [6, 6.07) is 5.94. The number of hydrogen-bond acceptors (Lipinski definition) is 5. The molecule has 1 amide bonds. The molecule has 0 aliphatic carbocycles. The number of amides is 1. The van der Waals surface area contributed by atoms with Gasteiger partial charge in [0.05, 0.1) is 6.54 Å². The molecule has 0 aromatic carbocycles. The minimum atomic E-state index is -0.0421. The highest BCUT2D eigenvalue weighted by atomic mass is 16.2. The molecule has 1 fully saturated rings. The van der Waals surface area contributed by atoms with Crippen molar-refractivity contribution in [1.29, 1.82) is 0 Å². The van der Waals surface area contributed by atoms with Gasteiger partial charge in [-0.2, -0.15) is 0 Å². The molecule has 1 aromatic rings. The highest BCUT2D eigenvalue weighted by Crippen LogP contribution is 2.18. The summed E-state index contributed by atoms with van der Waals surface area (Å²) >= 11 is 0. The van der Waals surface area contributed by atoms with Gasteiger partial charge in [0.2, 0.25) is 0 Å². The Balaban J connectivity index is 1.78. The molecule has 20 heavy (non-hydrogen) atoms. The number of nitrogens with zero attached hydrogens (tertiary/aromatic N) is 2. The molecule has 110 valence electrons. The molecule has 6 nitrogen and oxygen atoms in total. The number of anilines is 1. The van der Waals surface area contributed by atoms with Crippen LogP contribution in [-0.2, 0) is 4.79 Å². The summed E-state index contributed by atoms with van der Waals surface area (Å²) in [5.41, 5.74) is 11.1. The summed E-state index contributed by atoms with van der Waals surface area (Å²) in [7, 11) is 0. The number of hydrazine groups is 1. The standard InChI is InChI=1S/C14H23N5O/c15-8-7-12-5-2-4-10-19(12)11-14(20)18-17-13-6-1-3-9-16-13/h1,3,6,9,12H,2,4-5,7-8,10-11,15H2,(H,16,17)(H,18,20). The second kappa shape index (κ2) is 7.81. The fourth-order valence-electron chi connectivity index (χ4n) is 2.58. The van der Waals surface area contributed by atoms with Crippen molar-refractivity contribution in [3.05, 3.63) is 24.4 Å². The third kappa shape index (κ3) is 4.47. The van der Waals surface area contributed by atoms with Crippen molar-refractivity contribution in [3.63, 3.8) is 0 Å². The van der Waals surface area contributed by atoms with Gasteiger partial charge < -0.3 is 5.73 Å². The molecule has 2 rings (SSSR count). The van der Waals surface area contributed by atoms with Gasteiger partial charge in [-0.25, -0.2) is 4.98 Å². The Labute approximate surface area is 119 Å². The third-order valence-electron chi connectivity index (χ3n) is 3.59. The minimum Gasteiger partial charge on any atom is -0.330 e. The first kappa shape index (κ1) is 14.7. The summed E-state index contributed by atoms with van der Waals surface area (Å²) < 4.78 is 0. The zero-order chi connectivity index (χ0) is 14.2. The van der Waals surface area contributed by atoms with Crippen LogP contribution < -0.4 is 16.6 Å². The van der Waals surface area contributed by atoms with Crippen molar-refractivity contribution in [2.24, 2.45) is 5.73 Å². The monoisotopic (exact) mass is 277 g/mol. The second-order valence-electron chi connectivity index (χ2n) is 5.09. The van der Waals surface area contributed by atoms with Gasteiger partial charge in [-0.3, -0.25) is 20.5 Å². The largest absolute Gasteiger partial charge is 0.330 e. The molecular weight excluding hydrogens is 254 g/mol.